The van der Waals surface area contributed by atoms with Crippen molar-refractivity contribution in [3.05, 3.63) is 29.6 Å². The van der Waals surface area contributed by atoms with Crippen molar-refractivity contribution >= 4 is 11.6 Å². The van der Waals surface area contributed by atoms with Crippen LogP contribution in [0.5, 0.6) is 0 Å². The van der Waals surface area contributed by atoms with Crippen molar-refractivity contribution in [2.24, 2.45) is 5.92 Å². The summed E-state index contributed by atoms with van der Waals surface area (Å²) in [5.74, 6) is -0.502. The fraction of sp³-hybridized carbons (Fsp3) is 0.417. The summed E-state index contributed by atoms with van der Waals surface area (Å²) in [6.45, 7) is 1.80. The summed E-state index contributed by atoms with van der Waals surface area (Å²) in [7, 11) is 0. The van der Waals surface area contributed by atoms with E-state index in [0.29, 0.717) is 18.5 Å². The molecule has 1 atom stereocenters. The standard InChI is InChI=1S/C12H13NO2/c1-2-10(14)9-6-5-8-4-3-7-13-11(8)12(9)15/h3-4,7,9H,2,5-6H2,1H3. The van der Waals surface area contributed by atoms with E-state index in [1.165, 1.54) is 0 Å². The highest BCUT2D eigenvalue weighted by atomic mass is 16.2. The normalized spacial score (nSPS) is 19.8. The van der Waals surface area contributed by atoms with Crippen molar-refractivity contribution in [3.8, 4) is 0 Å². The highest BCUT2D eigenvalue weighted by molar-refractivity contribution is 6.11. The van der Waals surface area contributed by atoms with Crippen LogP contribution in [0.15, 0.2) is 18.3 Å². The largest absolute Gasteiger partial charge is 0.299 e. The summed E-state index contributed by atoms with van der Waals surface area (Å²) in [5.41, 5.74) is 1.47. The van der Waals surface area contributed by atoms with E-state index in [0.717, 1.165) is 12.0 Å². The molecular weight excluding hydrogens is 190 g/mol. The number of nitrogens with zero attached hydrogens (tertiary/aromatic N) is 1. The minimum atomic E-state index is -0.447. The third kappa shape index (κ3) is 1.69. The second-order valence-electron chi connectivity index (χ2n) is 3.79. The van der Waals surface area contributed by atoms with Crippen LogP contribution in [0.3, 0.4) is 0 Å². The van der Waals surface area contributed by atoms with E-state index in [2.05, 4.69) is 4.98 Å². The zero-order valence-electron chi connectivity index (χ0n) is 8.69. The molecule has 3 heteroatoms. The Morgan fingerprint density at radius 2 is 2.40 bits per heavy atom. The Morgan fingerprint density at radius 1 is 1.60 bits per heavy atom. The van der Waals surface area contributed by atoms with Gasteiger partial charge in [-0.1, -0.05) is 13.0 Å². The van der Waals surface area contributed by atoms with E-state index in [9.17, 15) is 9.59 Å². The van der Waals surface area contributed by atoms with Gasteiger partial charge in [0.2, 0.25) is 0 Å². The number of ketones is 2. The van der Waals surface area contributed by atoms with Gasteiger partial charge in [0, 0.05) is 12.6 Å². The summed E-state index contributed by atoms with van der Waals surface area (Å²) in [6.07, 6.45) is 3.46. The van der Waals surface area contributed by atoms with E-state index < -0.39 is 5.92 Å². The molecule has 0 amide bonds. The molecule has 0 N–H and O–H groups in total. The first-order valence-corrected chi connectivity index (χ1v) is 5.25. The van der Waals surface area contributed by atoms with Crippen LogP contribution >= 0.6 is 0 Å². The number of carbonyl (C=O) groups is 2. The Kier molecular flexibility index (Phi) is 2.62. The summed E-state index contributed by atoms with van der Waals surface area (Å²) in [6, 6.07) is 3.74. The minimum Gasteiger partial charge on any atom is -0.299 e. The second-order valence-corrected chi connectivity index (χ2v) is 3.79. The van der Waals surface area contributed by atoms with Gasteiger partial charge in [-0.2, -0.15) is 0 Å². The summed E-state index contributed by atoms with van der Waals surface area (Å²) in [5, 5.41) is 0. The molecule has 3 nitrogen and oxygen atoms in total. The average molecular weight is 203 g/mol. The smallest absolute Gasteiger partial charge is 0.191 e. The molecule has 15 heavy (non-hydrogen) atoms. The van der Waals surface area contributed by atoms with Crippen LogP contribution in [0.1, 0.15) is 35.8 Å². The molecule has 1 unspecified atom stereocenters. The Balaban J connectivity index is 2.34. The first-order chi connectivity index (χ1) is 7.24. The highest BCUT2D eigenvalue weighted by Crippen LogP contribution is 2.25. The molecule has 0 radical (unpaired) electrons. The number of hydrogen-bond donors (Lipinski definition) is 0. The molecule has 0 bridgehead atoms. The van der Waals surface area contributed by atoms with E-state index in [1.54, 1.807) is 13.1 Å². The van der Waals surface area contributed by atoms with Crippen LogP contribution in [0.25, 0.3) is 0 Å². The second kappa shape index (κ2) is 3.93. The van der Waals surface area contributed by atoms with Crippen molar-refractivity contribution in [2.75, 3.05) is 0 Å². The van der Waals surface area contributed by atoms with Gasteiger partial charge in [-0.05, 0) is 24.5 Å². The molecule has 2 rings (SSSR count). The minimum absolute atomic E-state index is 0.0382. The molecule has 0 saturated heterocycles. The summed E-state index contributed by atoms with van der Waals surface area (Å²) >= 11 is 0. The first-order valence-electron chi connectivity index (χ1n) is 5.25. The number of aromatic nitrogens is 1. The van der Waals surface area contributed by atoms with Gasteiger partial charge in [0.05, 0.1) is 5.92 Å². The Morgan fingerprint density at radius 3 is 3.13 bits per heavy atom. The van der Waals surface area contributed by atoms with Gasteiger partial charge in [0.25, 0.3) is 0 Å². The molecule has 1 aromatic heterocycles. The number of rotatable bonds is 2. The van der Waals surface area contributed by atoms with E-state index >= 15 is 0 Å². The quantitative estimate of drug-likeness (QED) is 0.688. The van der Waals surface area contributed by atoms with Gasteiger partial charge >= 0.3 is 0 Å². The van der Waals surface area contributed by atoms with Crippen molar-refractivity contribution < 1.29 is 9.59 Å². The lowest BCUT2D eigenvalue weighted by Crippen LogP contribution is -2.29. The van der Waals surface area contributed by atoms with Gasteiger partial charge in [0.15, 0.2) is 5.78 Å². The highest BCUT2D eigenvalue weighted by Gasteiger charge is 2.32. The number of hydrogen-bond acceptors (Lipinski definition) is 3. The zero-order chi connectivity index (χ0) is 10.8. The number of aryl methyl sites for hydroxylation is 1. The van der Waals surface area contributed by atoms with Crippen molar-refractivity contribution in [1.29, 1.82) is 0 Å². The SMILES string of the molecule is CCC(=O)C1CCc2cccnc2C1=O. The fourth-order valence-electron chi connectivity index (χ4n) is 2.01. The predicted octanol–water partition coefficient (Wildman–Crippen LogP) is 1.81. The monoisotopic (exact) mass is 203 g/mol. The van der Waals surface area contributed by atoms with Gasteiger partial charge in [0.1, 0.15) is 11.5 Å². The van der Waals surface area contributed by atoms with Crippen molar-refractivity contribution in [3.63, 3.8) is 0 Å². The lowest BCUT2D eigenvalue weighted by molar-refractivity contribution is -0.121. The number of carbonyl (C=O) groups excluding carboxylic acids is 2. The van der Waals surface area contributed by atoms with Gasteiger partial charge in [-0.15, -0.1) is 0 Å². The number of fused-ring (bicyclic) bond motifs is 1. The summed E-state index contributed by atoms with van der Waals surface area (Å²) in [4.78, 5) is 27.5. The molecule has 0 aromatic carbocycles. The summed E-state index contributed by atoms with van der Waals surface area (Å²) < 4.78 is 0. The van der Waals surface area contributed by atoms with Crippen LogP contribution in [0.2, 0.25) is 0 Å². The van der Waals surface area contributed by atoms with E-state index in [-0.39, 0.29) is 11.6 Å². The lowest BCUT2D eigenvalue weighted by atomic mass is 9.82. The van der Waals surface area contributed by atoms with Crippen molar-refractivity contribution in [1.82, 2.24) is 4.98 Å². The molecule has 0 spiro atoms. The maximum atomic E-state index is 11.9. The zero-order valence-corrected chi connectivity index (χ0v) is 8.69. The van der Waals surface area contributed by atoms with Crippen molar-refractivity contribution in [2.45, 2.75) is 26.2 Å². The van der Waals surface area contributed by atoms with E-state index in [4.69, 9.17) is 0 Å². The van der Waals surface area contributed by atoms with Crippen LogP contribution in [-0.4, -0.2) is 16.6 Å². The maximum absolute atomic E-state index is 11.9. The number of pyridine rings is 1. The Hall–Kier alpha value is -1.51. The van der Waals surface area contributed by atoms with Crippen LogP contribution < -0.4 is 0 Å². The van der Waals surface area contributed by atoms with Gasteiger partial charge in [-0.3, -0.25) is 14.6 Å². The molecule has 0 aliphatic heterocycles. The van der Waals surface area contributed by atoms with Crippen LogP contribution in [0.4, 0.5) is 0 Å². The molecular formula is C12H13NO2. The fourth-order valence-corrected chi connectivity index (χ4v) is 2.01. The van der Waals surface area contributed by atoms with Gasteiger partial charge < -0.3 is 0 Å². The topological polar surface area (TPSA) is 47.0 Å². The molecule has 1 aliphatic rings. The van der Waals surface area contributed by atoms with E-state index in [1.807, 2.05) is 12.1 Å². The molecule has 1 aliphatic carbocycles. The molecule has 78 valence electrons. The van der Waals surface area contributed by atoms with Crippen LogP contribution in [0, 0.1) is 5.92 Å². The Bertz CT molecular complexity index is 412. The third-order valence-electron chi connectivity index (χ3n) is 2.88. The first kappa shape index (κ1) is 10.0. The molecule has 0 fully saturated rings. The molecule has 1 aromatic rings. The Labute approximate surface area is 88.5 Å². The average Bonchev–Trinajstić information content (AvgIpc) is 2.29. The third-order valence-corrected chi connectivity index (χ3v) is 2.88. The molecule has 1 heterocycles. The molecule has 0 saturated carbocycles. The van der Waals surface area contributed by atoms with Gasteiger partial charge in [-0.25, -0.2) is 0 Å². The predicted molar refractivity (Wildman–Crippen MR) is 55.7 cm³/mol. The number of Topliss-reactive ketones (excluding diaryl/α,β-unsaturated/α-hetero) is 2. The van der Waals surface area contributed by atoms with Crippen LogP contribution in [-0.2, 0) is 11.2 Å². The lowest BCUT2D eigenvalue weighted by Gasteiger charge is -2.20. The maximum Gasteiger partial charge on any atom is 0.191 e.